The van der Waals surface area contributed by atoms with Gasteiger partial charge in [-0.15, -0.1) is 0 Å². The number of hydrogen-bond donors (Lipinski definition) is 1. The average Bonchev–Trinajstić information content (AvgIpc) is 2.96. The lowest BCUT2D eigenvalue weighted by Crippen LogP contribution is -2.44. The van der Waals surface area contributed by atoms with Gasteiger partial charge in [0.05, 0.1) is 19.8 Å². The summed E-state index contributed by atoms with van der Waals surface area (Å²) < 4.78 is 5.44. The van der Waals surface area contributed by atoms with Gasteiger partial charge in [-0.05, 0) is 13.3 Å². The van der Waals surface area contributed by atoms with Crippen LogP contribution in [0.4, 0.5) is 5.82 Å². The average molecular weight is 291 g/mol. The van der Waals surface area contributed by atoms with Crippen LogP contribution in [0.3, 0.4) is 0 Å². The lowest BCUT2D eigenvalue weighted by atomic mass is 10.2. The van der Waals surface area contributed by atoms with E-state index in [1.807, 2.05) is 20.0 Å². The van der Waals surface area contributed by atoms with E-state index < -0.39 is 0 Å². The molecule has 6 nitrogen and oxygen atoms in total. The van der Waals surface area contributed by atoms with Crippen molar-refractivity contribution in [2.45, 2.75) is 25.9 Å². The Labute approximate surface area is 126 Å². The Morgan fingerprint density at radius 3 is 2.86 bits per heavy atom. The van der Waals surface area contributed by atoms with Crippen molar-refractivity contribution in [2.75, 3.05) is 51.8 Å². The monoisotopic (exact) mass is 291 g/mol. The smallest absolute Gasteiger partial charge is 0.144 e. The molecule has 2 saturated heterocycles. The Hall–Kier alpha value is -1.24. The lowest BCUT2D eigenvalue weighted by Gasteiger charge is -2.32. The topological polar surface area (TPSA) is 53.5 Å². The number of ether oxygens (including phenoxy) is 1. The maximum Gasteiger partial charge on any atom is 0.144 e. The summed E-state index contributed by atoms with van der Waals surface area (Å²) in [5.41, 5.74) is 1.02. The molecule has 2 aliphatic heterocycles. The van der Waals surface area contributed by atoms with Crippen LogP contribution >= 0.6 is 0 Å². The first kappa shape index (κ1) is 14.7. The van der Waals surface area contributed by atoms with E-state index in [1.165, 1.54) is 6.42 Å². The molecular formula is C15H25N5O. The highest BCUT2D eigenvalue weighted by molar-refractivity contribution is 5.34. The fraction of sp³-hybridized carbons (Fsp3) is 0.733. The molecule has 1 unspecified atom stereocenters. The normalized spacial score (nSPS) is 24.4. The Kier molecular flexibility index (Phi) is 4.67. The van der Waals surface area contributed by atoms with Gasteiger partial charge in [0.2, 0.25) is 0 Å². The van der Waals surface area contributed by atoms with Gasteiger partial charge in [0.15, 0.2) is 0 Å². The molecule has 0 spiro atoms. The van der Waals surface area contributed by atoms with Crippen molar-refractivity contribution in [3.63, 3.8) is 0 Å². The van der Waals surface area contributed by atoms with Gasteiger partial charge >= 0.3 is 0 Å². The zero-order valence-corrected chi connectivity index (χ0v) is 13.0. The fourth-order valence-corrected chi connectivity index (χ4v) is 3.23. The molecule has 2 fully saturated rings. The molecule has 3 rings (SSSR count). The van der Waals surface area contributed by atoms with E-state index in [1.54, 1.807) is 0 Å². The summed E-state index contributed by atoms with van der Waals surface area (Å²) in [6.45, 7) is 9.02. The van der Waals surface area contributed by atoms with Crippen LogP contribution in [0.5, 0.6) is 0 Å². The Balaban J connectivity index is 1.58. The molecule has 1 atom stereocenters. The molecule has 1 aromatic rings. The maximum atomic E-state index is 5.44. The SMILES string of the molecule is CNc1cc(C)nc(CN2CCC(N3CCOCC3)C2)n1. The first-order valence-electron chi connectivity index (χ1n) is 7.81. The van der Waals surface area contributed by atoms with Gasteiger partial charge in [-0.3, -0.25) is 9.80 Å². The van der Waals surface area contributed by atoms with Crippen LogP contribution in [-0.4, -0.2) is 72.3 Å². The molecule has 0 radical (unpaired) electrons. The minimum absolute atomic E-state index is 0.669. The Bertz CT molecular complexity index is 475. The number of morpholine rings is 1. The van der Waals surface area contributed by atoms with E-state index >= 15 is 0 Å². The summed E-state index contributed by atoms with van der Waals surface area (Å²) in [6, 6.07) is 2.65. The van der Waals surface area contributed by atoms with E-state index in [0.29, 0.717) is 6.04 Å². The highest BCUT2D eigenvalue weighted by Crippen LogP contribution is 2.18. The third-order valence-electron chi connectivity index (χ3n) is 4.33. The molecule has 6 heteroatoms. The second-order valence-corrected chi connectivity index (χ2v) is 5.89. The highest BCUT2D eigenvalue weighted by Gasteiger charge is 2.29. The van der Waals surface area contributed by atoms with Crippen LogP contribution in [0.25, 0.3) is 0 Å². The number of rotatable bonds is 4. The second-order valence-electron chi connectivity index (χ2n) is 5.89. The van der Waals surface area contributed by atoms with Crippen LogP contribution in [0.2, 0.25) is 0 Å². The molecular weight excluding hydrogens is 266 g/mol. The number of aryl methyl sites for hydroxylation is 1. The molecule has 0 aromatic carbocycles. The van der Waals surface area contributed by atoms with Gasteiger partial charge in [-0.1, -0.05) is 0 Å². The van der Waals surface area contributed by atoms with Crippen molar-refractivity contribution in [3.05, 3.63) is 17.6 Å². The molecule has 0 aliphatic carbocycles. The van der Waals surface area contributed by atoms with Crippen molar-refractivity contribution in [1.82, 2.24) is 19.8 Å². The first-order valence-corrected chi connectivity index (χ1v) is 7.81. The van der Waals surface area contributed by atoms with Gasteiger partial charge in [0.1, 0.15) is 11.6 Å². The van der Waals surface area contributed by atoms with Crippen LogP contribution in [0.15, 0.2) is 6.07 Å². The third-order valence-corrected chi connectivity index (χ3v) is 4.33. The summed E-state index contributed by atoms with van der Waals surface area (Å²) in [4.78, 5) is 14.1. The quantitative estimate of drug-likeness (QED) is 0.883. The molecule has 1 N–H and O–H groups in total. The predicted molar refractivity (Wildman–Crippen MR) is 82.4 cm³/mol. The molecule has 2 aliphatic rings. The van der Waals surface area contributed by atoms with E-state index in [2.05, 4.69) is 25.1 Å². The molecule has 116 valence electrons. The van der Waals surface area contributed by atoms with Crippen molar-refractivity contribution in [2.24, 2.45) is 0 Å². The third kappa shape index (κ3) is 3.70. The Morgan fingerprint density at radius 2 is 2.10 bits per heavy atom. The predicted octanol–water partition coefficient (Wildman–Crippen LogP) is 0.733. The molecule has 21 heavy (non-hydrogen) atoms. The van der Waals surface area contributed by atoms with E-state index in [4.69, 9.17) is 4.74 Å². The number of likely N-dealkylation sites (tertiary alicyclic amines) is 1. The number of aromatic nitrogens is 2. The maximum absolute atomic E-state index is 5.44. The van der Waals surface area contributed by atoms with Gasteiger partial charge < -0.3 is 10.1 Å². The van der Waals surface area contributed by atoms with Gasteiger partial charge in [0.25, 0.3) is 0 Å². The fourth-order valence-electron chi connectivity index (χ4n) is 3.23. The number of anilines is 1. The van der Waals surface area contributed by atoms with Crippen LogP contribution in [0, 0.1) is 6.92 Å². The van der Waals surface area contributed by atoms with E-state index in [0.717, 1.165) is 63.3 Å². The van der Waals surface area contributed by atoms with Crippen molar-refractivity contribution < 1.29 is 4.74 Å². The summed E-state index contributed by atoms with van der Waals surface area (Å²) in [5.74, 6) is 1.82. The van der Waals surface area contributed by atoms with E-state index in [9.17, 15) is 0 Å². The van der Waals surface area contributed by atoms with Crippen LogP contribution in [0.1, 0.15) is 17.9 Å². The second kappa shape index (κ2) is 6.68. The summed E-state index contributed by atoms with van der Waals surface area (Å²) in [5, 5.41) is 3.10. The Morgan fingerprint density at radius 1 is 1.29 bits per heavy atom. The van der Waals surface area contributed by atoms with Crippen molar-refractivity contribution in [3.8, 4) is 0 Å². The number of nitrogens with zero attached hydrogens (tertiary/aromatic N) is 4. The summed E-state index contributed by atoms with van der Waals surface area (Å²) in [7, 11) is 1.90. The largest absolute Gasteiger partial charge is 0.379 e. The molecule has 0 amide bonds. The van der Waals surface area contributed by atoms with Crippen LogP contribution in [-0.2, 0) is 11.3 Å². The zero-order valence-electron chi connectivity index (χ0n) is 13.0. The lowest BCUT2D eigenvalue weighted by molar-refractivity contribution is 0.0183. The van der Waals surface area contributed by atoms with Crippen molar-refractivity contribution >= 4 is 5.82 Å². The standard InChI is InChI=1S/C15H25N5O/c1-12-9-14(16-2)18-15(17-12)11-19-4-3-13(10-19)20-5-7-21-8-6-20/h9,13H,3-8,10-11H2,1-2H3,(H,16,17,18). The number of nitrogens with one attached hydrogen (secondary N) is 1. The highest BCUT2D eigenvalue weighted by atomic mass is 16.5. The molecule has 1 aromatic heterocycles. The first-order chi connectivity index (χ1) is 10.2. The summed E-state index contributed by atoms with van der Waals surface area (Å²) >= 11 is 0. The molecule has 3 heterocycles. The minimum atomic E-state index is 0.669. The zero-order chi connectivity index (χ0) is 14.7. The minimum Gasteiger partial charge on any atom is -0.379 e. The van der Waals surface area contributed by atoms with Crippen molar-refractivity contribution in [1.29, 1.82) is 0 Å². The van der Waals surface area contributed by atoms with Gasteiger partial charge in [-0.25, -0.2) is 9.97 Å². The van der Waals surface area contributed by atoms with E-state index in [-0.39, 0.29) is 0 Å². The van der Waals surface area contributed by atoms with Gasteiger partial charge in [0, 0.05) is 51.0 Å². The van der Waals surface area contributed by atoms with Gasteiger partial charge in [-0.2, -0.15) is 0 Å². The number of hydrogen-bond acceptors (Lipinski definition) is 6. The molecule has 0 saturated carbocycles. The van der Waals surface area contributed by atoms with Crippen LogP contribution < -0.4 is 5.32 Å². The summed E-state index contributed by atoms with van der Waals surface area (Å²) in [6.07, 6.45) is 1.24. The molecule has 0 bridgehead atoms.